The third kappa shape index (κ3) is 8.75. The zero-order valence-electron chi connectivity index (χ0n) is 47.0. The molecule has 0 amide bonds. The number of anilines is 6. The van der Waals surface area contributed by atoms with Crippen LogP contribution in [-0.2, 0) is 21.7 Å². The van der Waals surface area contributed by atoms with Crippen molar-refractivity contribution in [3.05, 3.63) is 204 Å². The molecule has 0 aromatic heterocycles. The third-order valence-corrected chi connectivity index (χ3v) is 18.6. The number of rotatable bonds is 6. The number of ether oxygens (including phenoxy) is 2. The Morgan fingerprint density at radius 1 is 0.308 bits per heavy atom. The van der Waals surface area contributed by atoms with Crippen molar-refractivity contribution in [3.63, 3.8) is 0 Å². The second-order valence-electron chi connectivity index (χ2n) is 25.8. The van der Waals surface area contributed by atoms with Gasteiger partial charge in [-0.05, 0) is 145 Å². The fourth-order valence-electron chi connectivity index (χ4n) is 12.1. The van der Waals surface area contributed by atoms with E-state index in [9.17, 15) is 0 Å². The summed E-state index contributed by atoms with van der Waals surface area (Å²) in [5, 5.41) is 0. The Balaban J connectivity index is 0.985. The quantitative estimate of drug-likeness (QED) is 0.154. The summed E-state index contributed by atoms with van der Waals surface area (Å²) in [4.78, 5) is 9.93. The monoisotopic (exact) mass is 1050 g/mol. The zero-order valence-corrected chi connectivity index (χ0v) is 48.6. The highest BCUT2D eigenvalue weighted by Crippen LogP contribution is 2.49. The van der Waals surface area contributed by atoms with Crippen LogP contribution in [0.3, 0.4) is 0 Å². The lowest BCUT2D eigenvalue weighted by Gasteiger charge is -2.42. The molecule has 4 heterocycles. The first-order valence-corrected chi connectivity index (χ1v) is 29.2. The molecule has 4 nitrogen and oxygen atoms in total. The molecule has 9 aromatic carbocycles. The molecular formula is C70H66B2N2O2S2. The van der Waals surface area contributed by atoms with Gasteiger partial charge in [0.15, 0.2) is 0 Å². The number of fused-ring (bicyclic) bond motifs is 8. The highest BCUT2D eigenvalue weighted by Gasteiger charge is 2.46. The van der Waals surface area contributed by atoms with Crippen LogP contribution in [0.15, 0.2) is 202 Å². The maximum Gasteiger partial charge on any atom is 0.249 e. The van der Waals surface area contributed by atoms with Gasteiger partial charge < -0.3 is 19.3 Å². The third-order valence-electron chi connectivity index (χ3n) is 16.3. The van der Waals surface area contributed by atoms with Crippen molar-refractivity contribution in [2.24, 2.45) is 0 Å². The highest BCUT2D eigenvalue weighted by molar-refractivity contribution is 8.01. The van der Waals surface area contributed by atoms with Crippen LogP contribution in [-0.4, -0.2) is 13.4 Å². The van der Waals surface area contributed by atoms with E-state index in [0.717, 1.165) is 45.7 Å². The molecule has 0 fully saturated rings. The van der Waals surface area contributed by atoms with Gasteiger partial charge in [-0.1, -0.05) is 209 Å². The lowest BCUT2D eigenvalue weighted by Crippen LogP contribution is -2.63. The number of para-hydroxylation sites is 2. The maximum atomic E-state index is 6.92. The second kappa shape index (κ2) is 18.3. The number of benzene rings is 9. The lowest BCUT2D eigenvalue weighted by atomic mass is 9.32. The minimum atomic E-state index is -0.0130. The van der Waals surface area contributed by atoms with Crippen molar-refractivity contribution in [2.45, 2.75) is 124 Å². The number of hydrogen-bond donors (Lipinski definition) is 0. The average molecular weight is 1050 g/mol. The van der Waals surface area contributed by atoms with Crippen molar-refractivity contribution in [2.75, 3.05) is 9.80 Å². The summed E-state index contributed by atoms with van der Waals surface area (Å²) in [6.45, 7) is 27.2. The molecule has 0 saturated carbocycles. The van der Waals surface area contributed by atoms with E-state index in [-0.39, 0.29) is 35.1 Å². The van der Waals surface area contributed by atoms with Crippen LogP contribution in [0.5, 0.6) is 23.0 Å². The van der Waals surface area contributed by atoms with E-state index in [2.05, 4.69) is 275 Å². The summed E-state index contributed by atoms with van der Waals surface area (Å²) in [6, 6.07) is 68.1. The second-order valence-corrected chi connectivity index (χ2v) is 28.0. The summed E-state index contributed by atoms with van der Waals surface area (Å²) in [6.07, 6.45) is 0. The number of nitrogens with zero attached hydrogens (tertiary/aromatic N) is 2. The summed E-state index contributed by atoms with van der Waals surface area (Å²) in [5.74, 6) is 3.30. The zero-order chi connectivity index (χ0) is 54.2. The largest absolute Gasteiger partial charge is 0.457 e. The van der Waals surface area contributed by atoms with Crippen molar-refractivity contribution in [1.82, 2.24) is 0 Å². The van der Waals surface area contributed by atoms with Gasteiger partial charge in [0.1, 0.15) is 23.0 Å². The van der Waals surface area contributed by atoms with Gasteiger partial charge in [0.25, 0.3) is 0 Å². The molecule has 0 saturated heterocycles. The Morgan fingerprint density at radius 2 is 0.641 bits per heavy atom. The van der Waals surface area contributed by atoms with Gasteiger partial charge in [-0.3, -0.25) is 0 Å². The molecular weight excluding hydrogens is 987 g/mol. The van der Waals surface area contributed by atoms with E-state index in [4.69, 9.17) is 9.47 Å². The Morgan fingerprint density at radius 3 is 0.987 bits per heavy atom. The normalized spacial score (nSPS) is 14.2. The Kier molecular flexibility index (Phi) is 11.8. The van der Waals surface area contributed by atoms with Gasteiger partial charge in [-0.2, -0.15) is 0 Å². The van der Waals surface area contributed by atoms with Crippen LogP contribution in [0, 0.1) is 0 Å². The fraction of sp³-hybridized carbons (Fsp3) is 0.229. The minimum absolute atomic E-state index is 0.0130. The predicted molar refractivity (Wildman–Crippen MR) is 334 cm³/mol. The van der Waals surface area contributed by atoms with E-state index in [1.54, 1.807) is 0 Å². The molecule has 0 bridgehead atoms. The van der Waals surface area contributed by atoms with Gasteiger partial charge in [0.05, 0.1) is 0 Å². The van der Waals surface area contributed by atoms with Gasteiger partial charge in [0, 0.05) is 65.8 Å². The molecule has 0 aliphatic carbocycles. The van der Waals surface area contributed by atoms with Gasteiger partial charge in [0.2, 0.25) is 13.4 Å². The molecule has 78 heavy (non-hydrogen) atoms. The van der Waals surface area contributed by atoms with E-state index >= 15 is 0 Å². The van der Waals surface area contributed by atoms with Crippen molar-refractivity contribution < 1.29 is 9.47 Å². The molecule has 13 rings (SSSR count). The van der Waals surface area contributed by atoms with Crippen LogP contribution in [0.1, 0.15) is 105 Å². The summed E-state index contributed by atoms with van der Waals surface area (Å²) < 4.78 is 13.8. The Labute approximate surface area is 471 Å². The Bertz CT molecular complexity index is 3590. The molecule has 9 aromatic rings. The molecule has 4 aliphatic heterocycles. The van der Waals surface area contributed by atoms with Gasteiger partial charge in [-0.15, -0.1) is 0 Å². The van der Waals surface area contributed by atoms with Crippen LogP contribution in [0.25, 0.3) is 0 Å². The van der Waals surface area contributed by atoms with Crippen LogP contribution < -0.4 is 52.1 Å². The topological polar surface area (TPSA) is 24.9 Å². The first-order valence-electron chi connectivity index (χ1n) is 27.6. The Hall–Kier alpha value is -6.99. The summed E-state index contributed by atoms with van der Waals surface area (Å²) >= 11 is 3.76. The first-order chi connectivity index (χ1) is 37.2. The standard InChI is InChI=1S/C70H66B2N2O2S2/c1-67(2,3)43-21-29-47(30-22-43)73-57-19-15-13-17-53(57)71-55-41-56-62(42-61(55)77-63-39-51(37-59(73)65(63)71)75-49-33-25-45(26-34-49)69(7,8)9)78-64-40-52(76-50-35-27-46(28-36-50)70(10,11)12)38-60-66(64)72(56)54-18-14-16-20-58(54)74(60)48-31-23-44(24-32-48)68(4,5)6/h13-42H,1-12H3. The van der Waals surface area contributed by atoms with Crippen LogP contribution in [0.4, 0.5) is 34.1 Å². The molecule has 8 heteroatoms. The fourth-order valence-corrected chi connectivity index (χ4v) is 14.6. The molecule has 4 aliphatic rings. The van der Waals surface area contributed by atoms with Crippen molar-refractivity contribution in [1.29, 1.82) is 0 Å². The highest BCUT2D eigenvalue weighted by atomic mass is 32.2. The predicted octanol–water partition coefficient (Wildman–Crippen LogP) is 16.0. The summed E-state index contributed by atoms with van der Waals surface area (Å²) in [5.41, 5.74) is 20.2. The van der Waals surface area contributed by atoms with E-state index in [1.165, 1.54) is 86.0 Å². The van der Waals surface area contributed by atoms with Crippen LogP contribution in [0.2, 0.25) is 0 Å². The van der Waals surface area contributed by atoms with E-state index in [1.807, 2.05) is 23.5 Å². The van der Waals surface area contributed by atoms with E-state index in [0.29, 0.717) is 0 Å². The average Bonchev–Trinajstić information content (AvgIpc) is 3.51. The molecule has 0 unspecified atom stereocenters. The van der Waals surface area contributed by atoms with Crippen molar-refractivity contribution >= 4 is 104 Å². The molecule has 386 valence electrons. The lowest BCUT2D eigenvalue weighted by molar-refractivity contribution is 0.480. The molecule has 0 atom stereocenters. The van der Waals surface area contributed by atoms with Gasteiger partial charge in [-0.25, -0.2) is 0 Å². The first kappa shape index (κ1) is 50.5. The molecule has 0 radical (unpaired) electrons. The minimum Gasteiger partial charge on any atom is -0.457 e. The summed E-state index contributed by atoms with van der Waals surface area (Å²) in [7, 11) is 0. The smallest absolute Gasteiger partial charge is 0.249 e. The van der Waals surface area contributed by atoms with Gasteiger partial charge >= 0.3 is 0 Å². The number of hydrogen-bond acceptors (Lipinski definition) is 6. The molecule has 0 N–H and O–H groups in total. The maximum absolute atomic E-state index is 6.92. The van der Waals surface area contributed by atoms with Crippen LogP contribution >= 0.6 is 23.5 Å². The van der Waals surface area contributed by atoms with E-state index < -0.39 is 0 Å². The van der Waals surface area contributed by atoms with Crippen molar-refractivity contribution in [3.8, 4) is 23.0 Å². The molecule has 0 spiro atoms. The SMILES string of the molecule is CC(C)(C)c1ccc(Oc2cc3c4c(c2)N(c2ccc(C(C)(C)C)cc2)c2ccccc2B4c2cc4c(cc2S3)Sc2cc(Oc3ccc(C(C)(C)C)cc3)cc3c2B4c2ccccc2N3c2ccc(C(C)(C)C)cc2)cc1.